The summed E-state index contributed by atoms with van der Waals surface area (Å²) in [7, 11) is 0. The van der Waals surface area contributed by atoms with Crippen LogP contribution in [-0.2, 0) is 4.74 Å². The molecule has 2 rings (SSSR count). The largest absolute Gasteiger partial charge is 0.474 e. The van der Waals surface area contributed by atoms with Gasteiger partial charge in [0.15, 0.2) is 0 Å². The molecule has 0 aromatic carbocycles. The number of rotatable bonds is 5. The van der Waals surface area contributed by atoms with Gasteiger partial charge in [-0.15, -0.1) is 0 Å². The summed E-state index contributed by atoms with van der Waals surface area (Å²) in [5.74, 6) is 2.59. The third kappa shape index (κ3) is 4.56. The lowest BCUT2D eigenvalue weighted by Crippen LogP contribution is -2.36. The van der Waals surface area contributed by atoms with Crippen LogP contribution in [0.15, 0.2) is 6.07 Å². The predicted octanol–water partition coefficient (Wildman–Crippen LogP) is 3.37. The van der Waals surface area contributed by atoms with Crippen molar-refractivity contribution >= 4 is 5.82 Å². The van der Waals surface area contributed by atoms with Crippen molar-refractivity contribution in [2.24, 2.45) is 0 Å². The maximum absolute atomic E-state index is 6.10. The van der Waals surface area contributed by atoms with Crippen LogP contribution >= 0.6 is 0 Å². The van der Waals surface area contributed by atoms with E-state index >= 15 is 0 Å². The number of anilines is 1. The van der Waals surface area contributed by atoms with E-state index in [1.807, 2.05) is 6.07 Å². The first-order valence-corrected chi connectivity index (χ1v) is 7.92. The molecule has 0 radical (unpaired) electrons. The highest BCUT2D eigenvalue weighted by molar-refractivity contribution is 5.38. The lowest BCUT2D eigenvalue weighted by molar-refractivity contribution is -0.0730. The van der Waals surface area contributed by atoms with Gasteiger partial charge in [0.1, 0.15) is 17.7 Å². The average Bonchev–Trinajstić information content (AvgIpc) is 2.37. The van der Waals surface area contributed by atoms with Crippen molar-refractivity contribution in [2.45, 2.75) is 71.7 Å². The van der Waals surface area contributed by atoms with Crippen LogP contribution in [0.2, 0.25) is 0 Å². The molecule has 1 aliphatic heterocycles. The van der Waals surface area contributed by atoms with Crippen LogP contribution in [0.5, 0.6) is 5.88 Å². The molecular weight excluding hydrogens is 266 g/mol. The van der Waals surface area contributed by atoms with Gasteiger partial charge in [0, 0.05) is 31.4 Å². The summed E-state index contributed by atoms with van der Waals surface area (Å²) in [5.41, 5.74) is 0. The van der Waals surface area contributed by atoms with Gasteiger partial charge in [-0.3, -0.25) is 0 Å². The number of aromatic nitrogens is 2. The smallest absolute Gasteiger partial charge is 0.219 e. The summed E-state index contributed by atoms with van der Waals surface area (Å²) >= 11 is 0. The molecule has 5 nitrogen and oxygen atoms in total. The lowest BCUT2D eigenvalue weighted by Gasteiger charge is -2.32. The van der Waals surface area contributed by atoms with Gasteiger partial charge < -0.3 is 14.8 Å². The Morgan fingerprint density at radius 2 is 1.95 bits per heavy atom. The van der Waals surface area contributed by atoms with Crippen LogP contribution in [-0.4, -0.2) is 34.8 Å². The van der Waals surface area contributed by atoms with E-state index in [1.165, 1.54) is 0 Å². The monoisotopic (exact) mass is 293 g/mol. The maximum Gasteiger partial charge on any atom is 0.219 e. The van der Waals surface area contributed by atoms with Crippen molar-refractivity contribution in [3.8, 4) is 5.88 Å². The molecule has 1 fully saturated rings. The van der Waals surface area contributed by atoms with Gasteiger partial charge in [0.2, 0.25) is 5.88 Å². The zero-order valence-electron chi connectivity index (χ0n) is 13.7. The quantitative estimate of drug-likeness (QED) is 0.902. The van der Waals surface area contributed by atoms with Crippen molar-refractivity contribution in [3.05, 3.63) is 11.9 Å². The topological polar surface area (TPSA) is 56.3 Å². The van der Waals surface area contributed by atoms with Crippen molar-refractivity contribution in [3.63, 3.8) is 0 Å². The van der Waals surface area contributed by atoms with Crippen molar-refractivity contribution < 1.29 is 9.47 Å². The van der Waals surface area contributed by atoms with Crippen molar-refractivity contribution in [2.75, 3.05) is 11.9 Å². The molecule has 1 saturated heterocycles. The highest BCUT2D eigenvalue weighted by Gasteiger charge is 2.26. The third-order valence-corrected chi connectivity index (χ3v) is 3.54. The molecule has 0 aliphatic carbocycles. The van der Waals surface area contributed by atoms with E-state index in [2.05, 4.69) is 49.9 Å². The van der Waals surface area contributed by atoms with Crippen LogP contribution in [0.4, 0.5) is 5.82 Å². The molecule has 21 heavy (non-hydrogen) atoms. The third-order valence-electron chi connectivity index (χ3n) is 3.54. The second-order valence-corrected chi connectivity index (χ2v) is 6.10. The molecule has 2 unspecified atom stereocenters. The summed E-state index contributed by atoms with van der Waals surface area (Å²) in [5, 5.41) is 3.24. The highest BCUT2D eigenvalue weighted by atomic mass is 16.5. The molecule has 0 saturated carbocycles. The number of hydrogen-bond donors (Lipinski definition) is 1. The lowest BCUT2D eigenvalue weighted by atomic mass is 10.0. The van der Waals surface area contributed by atoms with E-state index in [9.17, 15) is 0 Å². The number of nitrogens with one attached hydrogen (secondary N) is 1. The van der Waals surface area contributed by atoms with Gasteiger partial charge in [-0.05, 0) is 20.8 Å². The standard InChI is InChI=1S/C16H27N3O2/c1-6-17-14-9-15(19-16(18-14)10(2)3)21-13-7-11(4)20-12(5)8-13/h9-13H,6-8H2,1-5H3,(H,17,18,19). The Labute approximate surface area is 127 Å². The van der Waals surface area contributed by atoms with Crippen LogP contribution in [0.25, 0.3) is 0 Å². The SMILES string of the molecule is CCNc1cc(OC2CC(C)OC(C)C2)nc(C(C)C)n1. The van der Waals surface area contributed by atoms with Crippen LogP contribution < -0.4 is 10.1 Å². The first-order chi connectivity index (χ1) is 9.97. The normalized spacial score (nSPS) is 25.9. The fourth-order valence-corrected chi connectivity index (χ4v) is 2.64. The summed E-state index contributed by atoms with van der Waals surface area (Å²) in [6.45, 7) is 11.3. The van der Waals surface area contributed by atoms with E-state index in [1.54, 1.807) is 0 Å². The Morgan fingerprint density at radius 3 is 2.52 bits per heavy atom. The Hall–Kier alpha value is -1.36. The average molecular weight is 293 g/mol. The maximum atomic E-state index is 6.10. The minimum Gasteiger partial charge on any atom is -0.474 e. The Morgan fingerprint density at radius 1 is 1.29 bits per heavy atom. The van der Waals surface area contributed by atoms with Gasteiger partial charge >= 0.3 is 0 Å². The van der Waals surface area contributed by atoms with Gasteiger partial charge in [0.05, 0.1) is 12.2 Å². The molecule has 1 aromatic heterocycles. The molecule has 0 amide bonds. The number of hydrogen-bond acceptors (Lipinski definition) is 5. The Bertz CT molecular complexity index is 455. The first kappa shape index (κ1) is 16.0. The van der Waals surface area contributed by atoms with E-state index in [-0.39, 0.29) is 24.2 Å². The minimum atomic E-state index is 0.160. The molecule has 2 atom stereocenters. The van der Waals surface area contributed by atoms with E-state index < -0.39 is 0 Å². The van der Waals surface area contributed by atoms with Gasteiger partial charge in [0.25, 0.3) is 0 Å². The highest BCUT2D eigenvalue weighted by Crippen LogP contribution is 2.25. The van der Waals surface area contributed by atoms with Crippen LogP contribution in [0.3, 0.4) is 0 Å². The summed E-state index contributed by atoms with van der Waals surface area (Å²) < 4.78 is 11.9. The molecular formula is C16H27N3O2. The summed E-state index contributed by atoms with van der Waals surface area (Å²) in [4.78, 5) is 9.06. The molecule has 118 valence electrons. The second-order valence-electron chi connectivity index (χ2n) is 6.10. The van der Waals surface area contributed by atoms with Gasteiger partial charge in [-0.1, -0.05) is 13.8 Å². The van der Waals surface area contributed by atoms with Gasteiger partial charge in [-0.2, -0.15) is 4.98 Å². The van der Waals surface area contributed by atoms with Crippen LogP contribution in [0, 0.1) is 0 Å². The molecule has 1 aliphatic rings. The van der Waals surface area contributed by atoms with Gasteiger partial charge in [-0.25, -0.2) is 4.98 Å². The first-order valence-electron chi connectivity index (χ1n) is 7.92. The summed E-state index contributed by atoms with van der Waals surface area (Å²) in [6.07, 6.45) is 2.44. The molecule has 2 heterocycles. The zero-order chi connectivity index (χ0) is 15.4. The molecule has 5 heteroatoms. The number of nitrogens with zero attached hydrogens (tertiary/aromatic N) is 2. The van der Waals surface area contributed by atoms with Crippen molar-refractivity contribution in [1.29, 1.82) is 0 Å². The van der Waals surface area contributed by atoms with Crippen LogP contribution in [0.1, 0.15) is 59.2 Å². The fourth-order valence-electron chi connectivity index (χ4n) is 2.64. The molecule has 0 bridgehead atoms. The van der Waals surface area contributed by atoms with E-state index in [0.717, 1.165) is 31.0 Å². The predicted molar refractivity (Wildman–Crippen MR) is 83.9 cm³/mol. The second kappa shape index (κ2) is 7.07. The Balaban J connectivity index is 2.14. The Kier molecular flexibility index (Phi) is 5.39. The number of ether oxygens (including phenoxy) is 2. The van der Waals surface area contributed by atoms with E-state index in [4.69, 9.17) is 9.47 Å². The summed E-state index contributed by atoms with van der Waals surface area (Å²) in [6, 6.07) is 1.89. The molecule has 0 spiro atoms. The molecule has 1 aromatic rings. The minimum absolute atomic E-state index is 0.160. The van der Waals surface area contributed by atoms with Crippen molar-refractivity contribution in [1.82, 2.24) is 9.97 Å². The zero-order valence-corrected chi connectivity index (χ0v) is 13.7. The van der Waals surface area contributed by atoms with E-state index in [0.29, 0.717) is 5.88 Å². The molecule has 1 N–H and O–H groups in total. The fraction of sp³-hybridized carbons (Fsp3) is 0.750.